The van der Waals surface area contributed by atoms with Crippen LogP contribution in [0.5, 0.6) is 0 Å². The number of hydrogen-bond donors (Lipinski definition) is 0. The Hall–Kier alpha value is -4.12. The lowest BCUT2D eigenvalue weighted by Gasteiger charge is -2.28. The molecule has 0 aliphatic rings. The van der Waals surface area contributed by atoms with Gasteiger partial charge in [0.05, 0.1) is 33.9 Å². The van der Waals surface area contributed by atoms with Crippen LogP contribution in [-0.2, 0) is 10.8 Å². The molecular weight excluding hydrogens is 447 g/mol. The third-order valence-electron chi connectivity index (χ3n) is 6.67. The molecule has 1 atom stereocenters. The number of aromatic nitrogens is 4. The molecule has 0 spiro atoms. The SMILES string of the molecule is CC(C)(C)c1cccc(-n2ccc(C(C)(c3ccccc3)c3cccc(-c4cccc(F)n4)n3)n2)c1. The summed E-state index contributed by atoms with van der Waals surface area (Å²) in [6.45, 7) is 8.75. The van der Waals surface area contributed by atoms with Gasteiger partial charge in [-0.3, -0.25) is 0 Å². The van der Waals surface area contributed by atoms with Gasteiger partial charge in [-0.15, -0.1) is 0 Å². The van der Waals surface area contributed by atoms with Gasteiger partial charge < -0.3 is 0 Å². The molecule has 0 aliphatic heterocycles. The zero-order valence-corrected chi connectivity index (χ0v) is 21.0. The summed E-state index contributed by atoms with van der Waals surface area (Å²) in [6, 6.07) is 31.3. The quantitative estimate of drug-likeness (QED) is 0.254. The van der Waals surface area contributed by atoms with E-state index in [4.69, 9.17) is 10.1 Å². The van der Waals surface area contributed by atoms with Gasteiger partial charge in [0.25, 0.3) is 0 Å². The van der Waals surface area contributed by atoms with Crippen molar-refractivity contribution < 1.29 is 4.39 Å². The van der Waals surface area contributed by atoms with E-state index < -0.39 is 11.4 Å². The van der Waals surface area contributed by atoms with Gasteiger partial charge in [-0.2, -0.15) is 9.49 Å². The Morgan fingerprint density at radius 1 is 0.639 bits per heavy atom. The van der Waals surface area contributed by atoms with Crippen LogP contribution in [0.4, 0.5) is 4.39 Å². The fraction of sp³-hybridized carbons (Fsp3) is 0.194. The molecule has 5 rings (SSSR count). The van der Waals surface area contributed by atoms with Crippen molar-refractivity contribution in [3.8, 4) is 17.1 Å². The van der Waals surface area contributed by atoms with Crippen LogP contribution in [0.15, 0.2) is 103 Å². The highest BCUT2D eigenvalue weighted by Gasteiger charge is 2.35. The molecule has 5 heteroatoms. The summed E-state index contributed by atoms with van der Waals surface area (Å²) < 4.78 is 15.8. The van der Waals surface area contributed by atoms with Crippen LogP contribution in [0.2, 0.25) is 0 Å². The van der Waals surface area contributed by atoms with E-state index in [9.17, 15) is 4.39 Å². The lowest BCUT2D eigenvalue weighted by Crippen LogP contribution is -2.27. The fourth-order valence-electron chi connectivity index (χ4n) is 4.45. The number of rotatable bonds is 5. The molecule has 2 aromatic carbocycles. The fourth-order valence-corrected chi connectivity index (χ4v) is 4.45. The van der Waals surface area contributed by atoms with Crippen LogP contribution < -0.4 is 0 Å². The van der Waals surface area contributed by atoms with Crippen LogP contribution >= 0.6 is 0 Å². The normalized spacial score (nSPS) is 13.4. The molecule has 0 saturated heterocycles. The molecule has 36 heavy (non-hydrogen) atoms. The predicted molar refractivity (Wildman–Crippen MR) is 142 cm³/mol. The Morgan fingerprint density at radius 2 is 1.31 bits per heavy atom. The zero-order valence-electron chi connectivity index (χ0n) is 21.0. The van der Waals surface area contributed by atoms with E-state index in [0.717, 1.165) is 22.6 Å². The van der Waals surface area contributed by atoms with Crippen molar-refractivity contribution in [2.24, 2.45) is 0 Å². The van der Waals surface area contributed by atoms with Crippen molar-refractivity contribution in [1.82, 2.24) is 19.7 Å². The van der Waals surface area contributed by atoms with E-state index in [1.54, 1.807) is 12.1 Å². The first kappa shape index (κ1) is 23.6. The van der Waals surface area contributed by atoms with Crippen LogP contribution in [0.1, 0.15) is 50.2 Å². The first-order valence-electron chi connectivity index (χ1n) is 12.1. The molecule has 0 radical (unpaired) electrons. The van der Waals surface area contributed by atoms with E-state index in [1.165, 1.54) is 11.6 Å². The highest BCUT2D eigenvalue weighted by Crippen LogP contribution is 2.38. The van der Waals surface area contributed by atoms with Gasteiger partial charge in [-0.05, 0) is 65.9 Å². The Kier molecular flexibility index (Phi) is 6.00. The minimum Gasteiger partial charge on any atom is -0.250 e. The molecule has 4 nitrogen and oxygen atoms in total. The second-order valence-electron chi connectivity index (χ2n) is 10.2. The lowest BCUT2D eigenvalue weighted by molar-refractivity contribution is 0.584. The number of nitrogens with zero attached hydrogens (tertiary/aromatic N) is 4. The number of pyridine rings is 2. The molecule has 0 aliphatic carbocycles. The molecule has 3 heterocycles. The highest BCUT2D eigenvalue weighted by atomic mass is 19.1. The Labute approximate surface area is 211 Å². The maximum Gasteiger partial charge on any atom is 0.213 e. The average Bonchev–Trinajstić information content (AvgIpc) is 3.39. The minimum atomic E-state index is -0.641. The second kappa shape index (κ2) is 9.15. The molecule has 0 fully saturated rings. The summed E-state index contributed by atoms with van der Waals surface area (Å²) in [5.74, 6) is -0.526. The lowest BCUT2D eigenvalue weighted by atomic mass is 9.76. The molecule has 0 saturated carbocycles. The van der Waals surface area contributed by atoms with Gasteiger partial charge in [-0.1, -0.05) is 75.4 Å². The largest absolute Gasteiger partial charge is 0.250 e. The first-order chi connectivity index (χ1) is 17.2. The smallest absolute Gasteiger partial charge is 0.213 e. The van der Waals surface area contributed by atoms with E-state index in [1.807, 2.05) is 53.3 Å². The first-order valence-corrected chi connectivity index (χ1v) is 12.1. The molecule has 3 aromatic heterocycles. The van der Waals surface area contributed by atoms with Crippen LogP contribution in [-0.4, -0.2) is 19.7 Å². The molecule has 180 valence electrons. The molecular formula is C31H29FN4. The summed E-state index contributed by atoms with van der Waals surface area (Å²) >= 11 is 0. The molecule has 0 N–H and O–H groups in total. The van der Waals surface area contributed by atoms with E-state index in [0.29, 0.717) is 11.4 Å². The van der Waals surface area contributed by atoms with Crippen LogP contribution in [0.25, 0.3) is 17.1 Å². The van der Waals surface area contributed by atoms with Crippen molar-refractivity contribution in [2.75, 3.05) is 0 Å². The maximum atomic E-state index is 13.8. The predicted octanol–water partition coefficient (Wildman–Crippen LogP) is 7.12. The highest BCUT2D eigenvalue weighted by molar-refractivity contribution is 5.56. The summed E-state index contributed by atoms with van der Waals surface area (Å²) in [6.07, 6.45) is 2.00. The van der Waals surface area contributed by atoms with Gasteiger partial charge in [0.2, 0.25) is 5.95 Å². The van der Waals surface area contributed by atoms with Gasteiger partial charge >= 0.3 is 0 Å². The van der Waals surface area contributed by atoms with E-state index in [2.05, 4.69) is 69.1 Å². The minimum absolute atomic E-state index is 0.0415. The zero-order chi connectivity index (χ0) is 25.3. The average molecular weight is 477 g/mol. The summed E-state index contributed by atoms with van der Waals surface area (Å²) in [7, 11) is 0. The van der Waals surface area contributed by atoms with E-state index in [-0.39, 0.29) is 5.41 Å². The summed E-state index contributed by atoms with van der Waals surface area (Å²) in [4.78, 5) is 8.99. The summed E-state index contributed by atoms with van der Waals surface area (Å²) in [5, 5.41) is 5.05. The van der Waals surface area contributed by atoms with Crippen molar-refractivity contribution in [3.05, 3.63) is 132 Å². The van der Waals surface area contributed by atoms with Gasteiger partial charge in [0.15, 0.2) is 0 Å². The molecule has 0 bridgehead atoms. The Balaban J connectivity index is 1.63. The van der Waals surface area contributed by atoms with Crippen LogP contribution in [0, 0.1) is 5.95 Å². The maximum absolute atomic E-state index is 13.8. The topological polar surface area (TPSA) is 43.6 Å². The third kappa shape index (κ3) is 4.44. The Morgan fingerprint density at radius 3 is 2.03 bits per heavy atom. The van der Waals surface area contributed by atoms with Crippen molar-refractivity contribution >= 4 is 0 Å². The van der Waals surface area contributed by atoms with Crippen molar-refractivity contribution in [2.45, 2.75) is 38.5 Å². The summed E-state index contributed by atoms with van der Waals surface area (Å²) in [5.41, 5.74) is 5.52. The standard InChI is InChI=1S/C31H29FN4/c1-30(2,3)23-13-8-14-24(21-23)36-20-19-28(35-36)31(4,22-11-6-5-7-12-22)27-17-9-15-25(33-27)26-16-10-18-29(32)34-26/h5-21H,1-4H3. The van der Waals surface area contributed by atoms with Gasteiger partial charge in [-0.25, -0.2) is 14.6 Å². The number of hydrogen-bond acceptors (Lipinski definition) is 3. The Bertz CT molecular complexity index is 1500. The third-order valence-corrected chi connectivity index (χ3v) is 6.67. The molecule has 0 amide bonds. The molecule has 5 aromatic rings. The van der Waals surface area contributed by atoms with Crippen molar-refractivity contribution in [3.63, 3.8) is 0 Å². The number of halogens is 1. The van der Waals surface area contributed by atoms with Crippen molar-refractivity contribution in [1.29, 1.82) is 0 Å². The van der Waals surface area contributed by atoms with Crippen LogP contribution in [0.3, 0.4) is 0 Å². The van der Waals surface area contributed by atoms with E-state index >= 15 is 0 Å². The molecule has 1 unspecified atom stereocenters. The monoisotopic (exact) mass is 476 g/mol. The van der Waals surface area contributed by atoms with Gasteiger partial charge in [0, 0.05) is 6.20 Å². The van der Waals surface area contributed by atoms with Gasteiger partial charge in [0.1, 0.15) is 0 Å². The number of benzene rings is 2. The second-order valence-corrected chi connectivity index (χ2v) is 10.2.